The van der Waals surface area contributed by atoms with Gasteiger partial charge in [0.1, 0.15) is 23.3 Å². The number of phenolic OH excluding ortho intramolecular Hbond substituents is 1. The molecule has 0 unspecified atom stereocenters. The van der Waals surface area contributed by atoms with Gasteiger partial charge in [0, 0.05) is 23.8 Å². The third-order valence-electron chi connectivity index (χ3n) is 6.49. The molecule has 0 bridgehead atoms. The number of rotatable bonds is 9. The summed E-state index contributed by atoms with van der Waals surface area (Å²) in [6, 6.07) is 22.0. The summed E-state index contributed by atoms with van der Waals surface area (Å²) >= 11 is 6.01. The second kappa shape index (κ2) is 12.2. The average Bonchev–Trinajstić information content (AvgIpc) is 3.41. The number of carbonyl (C=O) groups is 2. The Balaban J connectivity index is 1.44. The van der Waals surface area contributed by atoms with Crippen LogP contribution in [0.1, 0.15) is 21.6 Å². The van der Waals surface area contributed by atoms with Crippen LogP contribution in [-0.4, -0.2) is 44.6 Å². The van der Waals surface area contributed by atoms with Gasteiger partial charge in [-0.2, -0.15) is 0 Å². The molecule has 10 heteroatoms. The molecule has 8 nitrogen and oxygen atoms in total. The van der Waals surface area contributed by atoms with Crippen LogP contribution in [0.5, 0.6) is 5.75 Å². The Hall–Kier alpha value is -4.73. The molecule has 0 spiro atoms. The van der Waals surface area contributed by atoms with E-state index in [1.54, 1.807) is 34.9 Å². The standard InChI is InChI=1S/C31H25ClFN3O5/c1-40-31(39)28(16-20-4-12-26(37)13-5-20)36(18-21-2-10-25(33)11-3-21)41-30(38)27-19-35-15-14-23(17-29(35)34-27)22-6-8-24(32)9-7-22/h2-15,17,19,28,37H,16,18H2,1H3/t28-/m0/s1. The number of aromatic nitrogens is 2. The number of halogens is 2. The SMILES string of the molecule is COC(=O)[C@H](Cc1ccc(O)cc1)N(Cc1ccc(F)cc1)OC(=O)c1cn2ccc(-c3ccc(Cl)cc3)cc2n1. The molecular weight excluding hydrogens is 549 g/mol. The summed E-state index contributed by atoms with van der Waals surface area (Å²) in [6.45, 7) is -0.0298. The minimum atomic E-state index is -1.05. The fraction of sp³-hybridized carbons (Fsp3) is 0.129. The van der Waals surface area contributed by atoms with Gasteiger partial charge < -0.3 is 19.1 Å². The highest BCUT2D eigenvalue weighted by molar-refractivity contribution is 6.30. The largest absolute Gasteiger partial charge is 0.508 e. The number of benzene rings is 3. The Bertz CT molecular complexity index is 1670. The van der Waals surface area contributed by atoms with Gasteiger partial charge in [-0.1, -0.05) is 48.0 Å². The number of methoxy groups -OCH3 is 1. The second-order valence-corrected chi connectivity index (χ2v) is 9.74. The number of fused-ring (bicyclic) bond motifs is 1. The van der Waals surface area contributed by atoms with Crippen molar-refractivity contribution in [2.75, 3.05) is 7.11 Å². The smallest absolute Gasteiger partial charge is 0.377 e. The van der Waals surface area contributed by atoms with E-state index in [4.69, 9.17) is 21.2 Å². The Morgan fingerprint density at radius 1 is 0.976 bits per heavy atom. The normalized spacial score (nSPS) is 11.9. The maximum absolute atomic E-state index is 13.6. The van der Waals surface area contributed by atoms with E-state index in [1.165, 1.54) is 54.8 Å². The zero-order valence-corrected chi connectivity index (χ0v) is 22.7. The Morgan fingerprint density at radius 2 is 1.66 bits per heavy atom. The van der Waals surface area contributed by atoms with Gasteiger partial charge in [-0.15, -0.1) is 5.06 Å². The first-order valence-electron chi connectivity index (χ1n) is 12.6. The number of phenols is 1. The van der Waals surface area contributed by atoms with Crippen LogP contribution in [-0.2, 0) is 27.3 Å². The second-order valence-electron chi connectivity index (χ2n) is 9.30. The van der Waals surface area contributed by atoms with Crippen molar-refractivity contribution in [1.82, 2.24) is 14.4 Å². The first kappa shape index (κ1) is 27.8. The van der Waals surface area contributed by atoms with Gasteiger partial charge in [-0.05, 0) is 70.8 Å². The van der Waals surface area contributed by atoms with E-state index in [9.17, 15) is 19.1 Å². The summed E-state index contributed by atoms with van der Waals surface area (Å²) in [6.07, 6.45) is 3.42. The van der Waals surface area contributed by atoms with E-state index in [1.807, 2.05) is 24.3 Å². The summed E-state index contributed by atoms with van der Waals surface area (Å²) in [5.74, 6) is -1.78. The lowest BCUT2D eigenvalue weighted by Crippen LogP contribution is -2.44. The van der Waals surface area contributed by atoms with Gasteiger partial charge in [0.25, 0.3) is 0 Å². The van der Waals surface area contributed by atoms with Crippen LogP contribution >= 0.6 is 11.6 Å². The van der Waals surface area contributed by atoms with Crippen molar-refractivity contribution in [3.63, 3.8) is 0 Å². The molecule has 3 aromatic carbocycles. The van der Waals surface area contributed by atoms with E-state index in [0.29, 0.717) is 21.8 Å². The maximum Gasteiger partial charge on any atom is 0.377 e. The predicted molar refractivity (Wildman–Crippen MR) is 151 cm³/mol. The molecule has 0 aliphatic heterocycles. The van der Waals surface area contributed by atoms with Gasteiger partial charge in [-0.3, -0.25) is 4.79 Å². The monoisotopic (exact) mass is 573 g/mol. The maximum atomic E-state index is 13.6. The molecule has 0 saturated heterocycles. The van der Waals surface area contributed by atoms with E-state index in [2.05, 4.69) is 4.98 Å². The minimum absolute atomic E-state index is 0.0237. The lowest BCUT2D eigenvalue weighted by molar-refractivity contribution is -0.177. The number of ether oxygens (including phenoxy) is 1. The number of pyridine rings is 1. The molecule has 0 amide bonds. The van der Waals surface area contributed by atoms with Crippen LogP contribution in [0, 0.1) is 5.82 Å². The fourth-order valence-electron chi connectivity index (χ4n) is 4.33. The summed E-state index contributed by atoms with van der Waals surface area (Å²) in [5.41, 5.74) is 3.66. The zero-order chi connectivity index (χ0) is 28.9. The van der Waals surface area contributed by atoms with E-state index < -0.39 is 23.8 Å². The fourth-order valence-corrected chi connectivity index (χ4v) is 4.45. The molecule has 208 valence electrons. The number of carbonyl (C=O) groups excluding carboxylic acids is 2. The minimum Gasteiger partial charge on any atom is -0.508 e. The first-order chi connectivity index (χ1) is 19.8. The summed E-state index contributed by atoms with van der Waals surface area (Å²) in [5, 5.41) is 11.5. The predicted octanol–water partition coefficient (Wildman–Crippen LogP) is 5.86. The van der Waals surface area contributed by atoms with Gasteiger partial charge in [0.05, 0.1) is 13.7 Å². The van der Waals surface area contributed by atoms with Gasteiger partial charge >= 0.3 is 11.9 Å². The van der Waals surface area contributed by atoms with Gasteiger partial charge in [0.2, 0.25) is 0 Å². The topological polar surface area (TPSA) is 93.4 Å². The zero-order valence-electron chi connectivity index (χ0n) is 21.9. The van der Waals surface area contributed by atoms with Gasteiger partial charge in [-0.25, -0.2) is 14.2 Å². The summed E-state index contributed by atoms with van der Waals surface area (Å²) < 4.78 is 20.3. The van der Waals surface area contributed by atoms with Crippen LogP contribution in [0.15, 0.2) is 97.3 Å². The van der Waals surface area contributed by atoms with Crippen LogP contribution < -0.4 is 0 Å². The number of hydrogen-bond acceptors (Lipinski definition) is 7. The quantitative estimate of drug-likeness (QED) is 0.174. The molecule has 2 heterocycles. The Labute approximate surface area is 240 Å². The van der Waals surface area contributed by atoms with Crippen LogP contribution in [0.4, 0.5) is 4.39 Å². The molecule has 1 N–H and O–H groups in total. The third kappa shape index (κ3) is 6.71. The van der Waals surface area contributed by atoms with Crippen LogP contribution in [0.25, 0.3) is 16.8 Å². The highest BCUT2D eigenvalue weighted by Crippen LogP contribution is 2.24. The average molecular weight is 574 g/mol. The van der Waals surface area contributed by atoms with Crippen molar-refractivity contribution in [2.45, 2.75) is 19.0 Å². The third-order valence-corrected chi connectivity index (χ3v) is 6.74. The molecule has 5 rings (SSSR count). The Morgan fingerprint density at radius 3 is 2.34 bits per heavy atom. The Kier molecular flexibility index (Phi) is 8.28. The highest BCUT2D eigenvalue weighted by Gasteiger charge is 2.32. The van der Waals surface area contributed by atoms with Crippen molar-refractivity contribution >= 4 is 29.2 Å². The van der Waals surface area contributed by atoms with Crippen molar-refractivity contribution < 1.29 is 28.7 Å². The molecule has 41 heavy (non-hydrogen) atoms. The molecule has 0 fully saturated rings. The van der Waals surface area contributed by atoms with Crippen LogP contribution in [0.2, 0.25) is 5.02 Å². The number of esters is 1. The lowest BCUT2D eigenvalue weighted by Gasteiger charge is -2.28. The van der Waals surface area contributed by atoms with Crippen molar-refractivity contribution in [2.24, 2.45) is 0 Å². The van der Waals surface area contributed by atoms with E-state index in [0.717, 1.165) is 11.1 Å². The highest BCUT2D eigenvalue weighted by atomic mass is 35.5. The molecule has 0 radical (unpaired) electrons. The number of nitrogens with zero attached hydrogens (tertiary/aromatic N) is 3. The number of imidazole rings is 1. The van der Waals surface area contributed by atoms with Crippen LogP contribution in [0.3, 0.4) is 0 Å². The van der Waals surface area contributed by atoms with Crippen molar-refractivity contribution in [3.05, 3.63) is 125 Å². The van der Waals surface area contributed by atoms with Crippen molar-refractivity contribution in [3.8, 4) is 16.9 Å². The van der Waals surface area contributed by atoms with Gasteiger partial charge in [0.15, 0.2) is 5.69 Å². The molecule has 2 aromatic heterocycles. The number of aromatic hydroxyl groups is 1. The first-order valence-corrected chi connectivity index (χ1v) is 13.0. The molecular formula is C31H25ClFN3O5. The van der Waals surface area contributed by atoms with Crippen molar-refractivity contribution in [1.29, 1.82) is 0 Å². The number of hydrogen-bond donors (Lipinski definition) is 1. The molecule has 5 aromatic rings. The molecule has 0 aliphatic carbocycles. The summed E-state index contributed by atoms with van der Waals surface area (Å²) in [7, 11) is 1.24. The molecule has 1 atom stereocenters. The van der Waals surface area contributed by atoms with E-state index >= 15 is 0 Å². The number of hydroxylamine groups is 2. The van der Waals surface area contributed by atoms with E-state index in [-0.39, 0.29) is 24.4 Å². The molecule has 0 saturated carbocycles. The molecule has 0 aliphatic rings. The summed E-state index contributed by atoms with van der Waals surface area (Å²) in [4.78, 5) is 36.5. The lowest BCUT2D eigenvalue weighted by atomic mass is 10.0.